The molecule has 9 heteroatoms. The number of piperidine rings is 1. The van der Waals surface area contributed by atoms with Crippen LogP contribution >= 0.6 is 0 Å². The average molecular weight is 526 g/mol. The summed E-state index contributed by atoms with van der Waals surface area (Å²) in [6, 6.07) is 5.84. The molecule has 0 unspecified atom stereocenters. The second-order valence-corrected chi connectivity index (χ2v) is 10.4. The van der Waals surface area contributed by atoms with Gasteiger partial charge in [-0.2, -0.15) is 0 Å². The number of hydrogen-bond acceptors (Lipinski definition) is 7. The molecule has 0 radical (unpaired) electrons. The molecule has 1 aromatic carbocycles. The topological polar surface area (TPSA) is 102 Å². The highest BCUT2D eigenvalue weighted by molar-refractivity contribution is 5.93. The molecule has 2 aliphatic rings. The Kier molecular flexibility index (Phi) is 9.20. The molecule has 4 rings (SSSR count). The van der Waals surface area contributed by atoms with Gasteiger partial charge in [0.05, 0.1) is 18.6 Å². The van der Waals surface area contributed by atoms with Crippen molar-refractivity contribution in [1.29, 1.82) is 0 Å². The van der Waals surface area contributed by atoms with Crippen LogP contribution in [0.1, 0.15) is 66.2 Å². The van der Waals surface area contributed by atoms with E-state index >= 15 is 0 Å². The Morgan fingerprint density at radius 3 is 2.55 bits per heavy atom. The minimum Gasteiger partial charge on any atom is -0.466 e. The highest BCUT2D eigenvalue weighted by Gasteiger charge is 2.31. The standard InChI is InChI=1S/C29H39N3O6/c1-5-36-29(35)22-8-6-11-31(17-22)26(33)10-12-32(18-23-9-7-13-37-23)28(34)24-16-25(38-30-24)27-20(3)14-19(2)15-21(27)4/h14-16,22-23H,5-13,17-18H2,1-4H3/t22-,23+/m1/s1. The van der Waals surface area contributed by atoms with Gasteiger partial charge >= 0.3 is 5.97 Å². The first kappa shape index (κ1) is 27.8. The molecular weight excluding hydrogens is 486 g/mol. The van der Waals surface area contributed by atoms with Crippen LogP contribution in [0.5, 0.6) is 0 Å². The molecule has 2 amide bonds. The number of aryl methyl sites for hydroxylation is 3. The molecule has 38 heavy (non-hydrogen) atoms. The minimum absolute atomic E-state index is 0.0646. The molecule has 1 aromatic heterocycles. The summed E-state index contributed by atoms with van der Waals surface area (Å²) in [7, 11) is 0. The molecule has 0 bridgehead atoms. The van der Waals surface area contributed by atoms with Gasteiger partial charge in [0.1, 0.15) is 0 Å². The van der Waals surface area contributed by atoms with E-state index in [-0.39, 0.29) is 48.5 Å². The summed E-state index contributed by atoms with van der Waals surface area (Å²) >= 11 is 0. The van der Waals surface area contributed by atoms with E-state index in [1.165, 1.54) is 0 Å². The van der Waals surface area contributed by atoms with E-state index in [9.17, 15) is 14.4 Å². The quantitative estimate of drug-likeness (QED) is 0.455. The number of likely N-dealkylation sites (tertiary alicyclic amines) is 1. The van der Waals surface area contributed by atoms with Crippen molar-refractivity contribution in [2.24, 2.45) is 5.92 Å². The Bertz CT molecular complexity index is 1130. The van der Waals surface area contributed by atoms with Gasteiger partial charge in [-0.05, 0) is 64.5 Å². The van der Waals surface area contributed by atoms with Gasteiger partial charge in [-0.1, -0.05) is 22.9 Å². The van der Waals surface area contributed by atoms with Gasteiger partial charge in [0, 0.05) is 50.8 Å². The second-order valence-electron chi connectivity index (χ2n) is 10.4. The fourth-order valence-corrected chi connectivity index (χ4v) is 5.58. The summed E-state index contributed by atoms with van der Waals surface area (Å²) in [6.45, 7) is 10.5. The first-order valence-electron chi connectivity index (χ1n) is 13.7. The van der Waals surface area contributed by atoms with Crippen LogP contribution in [0.15, 0.2) is 22.7 Å². The maximum absolute atomic E-state index is 13.6. The number of carbonyl (C=O) groups excluding carboxylic acids is 3. The lowest BCUT2D eigenvalue weighted by molar-refractivity contribution is -0.151. The third kappa shape index (κ3) is 6.62. The summed E-state index contributed by atoms with van der Waals surface area (Å²) in [6.07, 6.45) is 3.40. The summed E-state index contributed by atoms with van der Waals surface area (Å²) in [5, 5.41) is 4.10. The number of carbonyl (C=O) groups is 3. The van der Waals surface area contributed by atoms with Crippen LogP contribution < -0.4 is 0 Å². The molecule has 0 aliphatic carbocycles. The van der Waals surface area contributed by atoms with Crippen molar-refractivity contribution >= 4 is 17.8 Å². The number of hydrogen-bond donors (Lipinski definition) is 0. The van der Waals surface area contributed by atoms with Gasteiger partial charge in [-0.25, -0.2) is 0 Å². The normalized spacial score (nSPS) is 19.4. The Labute approximate surface area is 224 Å². The number of benzene rings is 1. The van der Waals surface area contributed by atoms with Crippen molar-refractivity contribution < 1.29 is 28.4 Å². The molecule has 206 valence electrons. The molecule has 0 N–H and O–H groups in total. The van der Waals surface area contributed by atoms with Crippen molar-refractivity contribution in [2.45, 2.75) is 65.9 Å². The Balaban J connectivity index is 1.45. The highest BCUT2D eigenvalue weighted by Crippen LogP contribution is 2.29. The lowest BCUT2D eigenvalue weighted by Crippen LogP contribution is -2.45. The van der Waals surface area contributed by atoms with E-state index < -0.39 is 0 Å². The maximum atomic E-state index is 13.6. The van der Waals surface area contributed by atoms with Gasteiger partial charge < -0.3 is 23.8 Å². The lowest BCUT2D eigenvalue weighted by atomic mass is 9.98. The van der Waals surface area contributed by atoms with E-state index in [4.69, 9.17) is 14.0 Å². The van der Waals surface area contributed by atoms with E-state index in [1.54, 1.807) is 22.8 Å². The van der Waals surface area contributed by atoms with Gasteiger partial charge in [0.25, 0.3) is 5.91 Å². The molecule has 2 saturated heterocycles. The highest BCUT2D eigenvalue weighted by atomic mass is 16.5. The number of amides is 2. The second kappa shape index (κ2) is 12.6. The summed E-state index contributed by atoms with van der Waals surface area (Å²) in [5.74, 6) is -0.347. The predicted octanol–water partition coefficient (Wildman–Crippen LogP) is 4.08. The number of esters is 1. The monoisotopic (exact) mass is 525 g/mol. The van der Waals surface area contributed by atoms with Crippen LogP contribution in [-0.2, 0) is 19.1 Å². The van der Waals surface area contributed by atoms with Crippen molar-refractivity contribution in [2.75, 3.05) is 39.4 Å². The van der Waals surface area contributed by atoms with Gasteiger partial charge in [0.2, 0.25) is 5.91 Å². The summed E-state index contributed by atoms with van der Waals surface area (Å²) in [4.78, 5) is 42.2. The van der Waals surface area contributed by atoms with Crippen molar-refractivity contribution in [1.82, 2.24) is 15.0 Å². The molecular formula is C29H39N3O6. The van der Waals surface area contributed by atoms with Gasteiger partial charge in [-0.3, -0.25) is 14.4 Å². The van der Waals surface area contributed by atoms with Crippen LogP contribution in [0.3, 0.4) is 0 Å². The zero-order valence-electron chi connectivity index (χ0n) is 23.0. The lowest BCUT2D eigenvalue weighted by Gasteiger charge is -2.32. The third-order valence-corrected chi connectivity index (χ3v) is 7.38. The van der Waals surface area contributed by atoms with E-state index in [0.717, 1.165) is 47.9 Å². The van der Waals surface area contributed by atoms with E-state index in [0.29, 0.717) is 38.6 Å². The molecule has 9 nitrogen and oxygen atoms in total. The predicted molar refractivity (Wildman–Crippen MR) is 142 cm³/mol. The van der Waals surface area contributed by atoms with Crippen LogP contribution in [0.2, 0.25) is 0 Å². The number of aromatic nitrogens is 1. The molecule has 3 heterocycles. The largest absolute Gasteiger partial charge is 0.466 e. The molecule has 0 saturated carbocycles. The number of rotatable bonds is 9. The van der Waals surface area contributed by atoms with Gasteiger partial charge in [0.15, 0.2) is 11.5 Å². The SMILES string of the molecule is CCOC(=O)[C@@H]1CCCN(C(=O)CCN(C[C@@H]2CCCO2)C(=O)c2cc(-c3c(C)cc(C)cc3C)on2)C1. The fraction of sp³-hybridized carbons (Fsp3) is 0.586. The van der Waals surface area contributed by atoms with Crippen molar-refractivity contribution in [3.05, 3.63) is 40.6 Å². The average Bonchev–Trinajstić information content (AvgIpc) is 3.58. The van der Waals surface area contributed by atoms with Crippen molar-refractivity contribution in [3.8, 4) is 11.3 Å². The molecule has 2 aliphatic heterocycles. The number of nitrogens with zero attached hydrogens (tertiary/aromatic N) is 3. The number of ether oxygens (including phenoxy) is 2. The van der Waals surface area contributed by atoms with E-state index in [1.807, 2.05) is 20.8 Å². The molecule has 0 spiro atoms. The fourth-order valence-electron chi connectivity index (χ4n) is 5.58. The van der Waals surface area contributed by atoms with Crippen LogP contribution in [-0.4, -0.2) is 78.2 Å². The molecule has 2 aromatic rings. The molecule has 2 fully saturated rings. The van der Waals surface area contributed by atoms with Crippen LogP contribution in [0.4, 0.5) is 0 Å². The summed E-state index contributed by atoms with van der Waals surface area (Å²) < 4.78 is 16.6. The zero-order chi connectivity index (χ0) is 27.2. The van der Waals surface area contributed by atoms with E-state index in [2.05, 4.69) is 17.3 Å². The van der Waals surface area contributed by atoms with Crippen LogP contribution in [0.25, 0.3) is 11.3 Å². The Hall–Kier alpha value is -3.20. The zero-order valence-corrected chi connectivity index (χ0v) is 23.0. The Morgan fingerprint density at radius 1 is 1.11 bits per heavy atom. The third-order valence-electron chi connectivity index (χ3n) is 7.38. The van der Waals surface area contributed by atoms with Gasteiger partial charge in [-0.15, -0.1) is 0 Å². The molecule has 2 atom stereocenters. The smallest absolute Gasteiger partial charge is 0.310 e. The maximum Gasteiger partial charge on any atom is 0.310 e. The first-order chi connectivity index (χ1) is 18.3. The minimum atomic E-state index is -0.292. The van der Waals surface area contributed by atoms with Crippen LogP contribution in [0, 0.1) is 26.7 Å². The van der Waals surface area contributed by atoms with Crippen molar-refractivity contribution in [3.63, 3.8) is 0 Å². The Morgan fingerprint density at radius 2 is 1.87 bits per heavy atom. The summed E-state index contributed by atoms with van der Waals surface area (Å²) in [5.41, 5.74) is 4.42. The first-order valence-corrected chi connectivity index (χ1v) is 13.7.